The Morgan fingerprint density at radius 3 is 2.88 bits per heavy atom. The molecule has 1 aliphatic rings. The Kier molecular flexibility index (Phi) is 4.12. The fourth-order valence-corrected chi connectivity index (χ4v) is 3.93. The Hall–Kier alpha value is -2.84. The maximum absolute atomic E-state index is 12.6. The quantitative estimate of drug-likeness (QED) is 0.678. The number of carbonyl (C=O) groups is 1. The largest absolute Gasteiger partial charge is 0.311 e. The predicted molar refractivity (Wildman–Crippen MR) is 99.7 cm³/mol. The zero-order valence-corrected chi connectivity index (χ0v) is 14.3. The van der Waals surface area contributed by atoms with E-state index in [1.54, 1.807) is 0 Å². The van der Waals surface area contributed by atoms with Crippen LogP contribution in [0.1, 0.15) is 11.1 Å². The SMILES string of the molecule is N#Cc1cc2ccccc2nc1SCC(=O)N1CCc2ccccc21. The molecular formula is C20H15N3OS. The molecule has 0 bridgehead atoms. The average Bonchev–Trinajstić information content (AvgIpc) is 3.09. The molecule has 2 heterocycles. The van der Waals surface area contributed by atoms with Crippen molar-refractivity contribution in [2.75, 3.05) is 17.2 Å². The number of nitriles is 1. The minimum absolute atomic E-state index is 0.0498. The van der Waals surface area contributed by atoms with Crippen molar-refractivity contribution in [3.8, 4) is 6.07 Å². The lowest BCUT2D eigenvalue weighted by atomic mass is 10.2. The molecule has 1 aliphatic heterocycles. The Bertz CT molecular complexity index is 1010. The van der Waals surface area contributed by atoms with Crippen molar-refractivity contribution in [1.29, 1.82) is 5.26 Å². The maximum atomic E-state index is 12.6. The van der Waals surface area contributed by atoms with E-state index in [0.717, 1.165) is 29.6 Å². The lowest BCUT2D eigenvalue weighted by Crippen LogP contribution is -2.30. The highest BCUT2D eigenvalue weighted by molar-refractivity contribution is 8.00. The van der Waals surface area contributed by atoms with Gasteiger partial charge in [-0.25, -0.2) is 4.98 Å². The van der Waals surface area contributed by atoms with Gasteiger partial charge in [0.15, 0.2) is 0 Å². The van der Waals surface area contributed by atoms with E-state index in [1.807, 2.05) is 53.4 Å². The summed E-state index contributed by atoms with van der Waals surface area (Å²) in [6.07, 6.45) is 0.893. The zero-order chi connectivity index (χ0) is 17.2. The van der Waals surface area contributed by atoms with Crippen LogP contribution in [-0.2, 0) is 11.2 Å². The maximum Gasteiger partial charge on any atom is 0.237 e. The van der Waals surface area contributed by atoms with Crippen molar-refractivity contribution in [2.24, 2.45) is 0 Å². The summed E-state index contributed by atoms with van der Waals surface area (Å²) in [5.41, 5.74) is 3.56. The summed E-state index contributed by atoms with van der Waals surface area (Å²) < 4.78 is 0. The van der Waals surface area contributed by atoms with Gasteiger partial charge in [0.1, 0.15) is 11.1 Å². The Morgan fingerprint density at radius 2 is 2.00 bits per heavy atom. The van der Waals surface area contributed by atoms with Crippen LogP contribution in [0.4, 0.5) is 5.69 Å². The molecule has 25 heavy (non-hydrogen) atoms. The average molecular weight is 345 g/mol. The first-order valence-electron chi connectivity index (χ1n) is 8.07. The van der Waals surface area contributed by atoms with Crippen molar-refractivity contribution in [1.82, 2.24) is 4.98 Å². The number of aromatic nitrogens is 1. The number of rotatable bonds is 3. The summed E-state index contributed by atoms with van der Waals surface area (Å²) in [6, 6.07) is 19.7. The minimum Gasteiger partial charge on any atom is -0.311 e. The smallest absolute Gasteiger partial charge is 0.237 e. The molecule has 5 heteroatoms. The monoisotopic (exact) mass is 345 g/mol. The number of hydrogen-bond donors (Lipinski definition) is 0. The Morgan fingerprint density at radius 1 is 1.20 bits per heavy atom. The van der Waals surface area contributed by atoms with Crippen LogP contribution >= 0.6 is 11.8 Å². The van der Waals surface area contributed by atoms with Crippen LogP contribution in [0, 0.1) is 11.3 Å². The molecule has 0 fully saturated rings. The summed E-state index contributed by atoms with van der Waals surface area (Å²) in [7, 11) is 0. The number of para-hydroxylation sites is 2. The Labute approximate surface area is 150 Å². The Balaban J connectivity index is 1.55. The number of nitrogens with zero attached hydrogens (tertiary/aromatic N) is 3. The van der Waals surface area contributed by atoms with Crippen molar-refractivity contribution >= 4 is 34.3 Å². The normalized spacial score (nSPS) is 12.8. The second kappa shape index (κ2) is 6.58. The lowest BCUT2D eigenvalue weighted by Gasteiger charge is -2.17. The first-order chi connectivity index (χ1) is 12.3. The van der Waals surface area contributed by atoms with E-state index in [4.69, 9.17) is 0 Å². The standard InChI is InChI=1S/C20H15N3OS/c21-12-16-11-15-6-1-3-7-17(15)22-20(16)25-13-19(24)23-10-9-14-5-2-4-8-18(14)23/h1-8,11H,9-10,13H2. The number of amides is 1. The van der Waals surface area contributed by atoms with Crippen LogP contribution in [0.2, 0.25) is 0 Å². The van der Waals surface area contributed by atoms with Gasteiger partial charge in [-0.15, -0.1) is 0 Å². The van der Waals surface area contributed by atoms with Crippen LogP contribution in [0.3, 0.4) is 0 Å². The van der Waals surface area contributed by atoms with Gasteiger partial charge < -0.3 is 4.90 Å². The molecule has 0 atom stereocenters. The third-order valence-electron chi connectivity index (χ3n) is 4.33. The van der Waals surface area contributed by atoms with E-state index in [0.29, 0.717) is 10.6 Å². The molecule has 0 saturated heterocycles. The highest BCUT2D eigenvalue weighted by Gasteiger charge is 2.24. The number of fused-ring (bicyclic) bond motifs is 2. The van der Waals surface area contributed by atoms with Gasteiger partial charge in [0.25, 0.3) is 0 Å². The predicted octanol–water partition coefficient (Wildman–Crippen LogP) is 3.79. The molecular weight excluding hydrogens is 330 g/mol. The number of pyridine rings is 1. The second-order valence-corrected chi connectivity index (χ2v) is 6.82. The summed E-state index contributed by atoms with van der Waals surface area (Å²) in [4.78, 5) is 19.0. The van der Waals surface area contributed by atoms with Crippen LogP contribution < -0.4 is 4.90 Å². The van der Waals surface area contributed by atoms with Crippen LogP contribution in [0.5, 0.6) is 0 Å². The van der Waals surface area contributed by atoms with Gasteiger partial charge in [-0.2, -0.15) is 5.26 Å². The molecule has 4 nitrogen and oxygen atoms in total. The summed E-state index contributed by atoms with van der Waals surface area (Å²) in [5.74, 6) is 0.322. The molecule has 0 spiro atoms. The third-order valence-corrected chi connectivity index (χ3v) is 5.31. The molecule has 0 saturated carbocycles. The van der Waals surface area contributed by atoms with E-state index in [9.17, 15) is 10.1 Å². The fourth-order valence-electron chi connectivity index (χ4n) is 3.09. The fraction of sp³-hybridized carbons (Fsp3) is 0.150. The lowest BCUT2D eigenvalue weighted by molar-refractivity contribution is -0.116. The van der Waals surface area contributed by atoms with Gasteiger partial charge in [-0.1, -0.05) is 48.2 Å². The van der Waals surface area contributed by atoms with Crippen molar-refractivity contribution in [2.45, 2.75) is 11.4 Å². The topological polar surface area (TPSA) is 57.0 Å². The molecule has 2 aromatic carbocycles. The second-order valence-electron chi connectivity index (χ2n) is 5.86. The molecule has 4 rings (SSSR count). The number of anilines is 1. The van der Waals surface area contributed by atoms with Crippen molar-refractivity contribution in [3.05, 3.63) is 65.7 Å². The number of carbonyl (C=O) groups excluding carboxylic acids is 1. The molecule has 122 valence electrons. The first-order valence-corrected chi connectivity index (χ1v) is 9.06. The molecule has 0 radical (unpaired) electrons. The molecule has 0 N–H and O–H groups in total. The third kappa shape index (κ3) is 2.97. The zero-order valence-electron chi connectivity index (χ0n) is 13.5. The highest BCUT2D eigenvalue weighted by atomic mass is 32.2. The van der Waals surface area contributed by atoms with Crippen LogP contribution in [-0.4, -0.2) is 23.2 Å². The number of thioether (sulfide) groups is 1. The molecule has 1 amide bonds. The van der Waals surface area contributed by atoms with Gasteiger partial charge in [0, 0.05) is 17.6 Å². The van der Waals surface area contributed by atoms with Gasteiger partial charge in [0.05, 0.1) is 16.8 Å². The molecule has 1 aromatic heterocycles. The van der Waals surface area contributed by atoms with Gasteiger partial charge in [-0.05, 0) is 30.2 Å². The molecule has 3 aromatic rings. The van der Waals surface area contributed by atoms with Crippen LogP contribution in [0.15, 0.2) is 59.6 Å². The molecule has 0 unspecified atom stereocenters. The molecule has 0 aliphatic carbocycles. The van der Waals surface area contributed by atoms with Crippen molar-refractivity contribution < 1.29 is 4.79 Å². The van der Waals surface area contributed by atoms with E-state index >= 15 is 0 Å². The number of hydrogen-bond acceptors (Lipinski definition) is 4. The minimum atomic E-state index is 0.0498. The highest BCUT2D eigenvalue weighted by Crippen LogP contribution is 2.30. The van der Waals surface area contributed by atoms with Gasteiger partial charge >= 0.3 is 0 Å². The van der Waals surface area contributed by atoms with E-state index in [2.05, 4.69) is 17.1 Å². The number of benzene rings is 2. The van der Waals surface area contributed by atoms with Gasteiger partial charge in [-0.3, -0.25) is 4.79 Å². The van der Waals surface area contributed by atoms with E-state index < -0.39 is 0 Å². The van der Waals surface area contributed by atoms with Gasteiger partial charge in [0.2, 0.25) is 5.91 Å². The van der Waals surface area contributed by atoms with Crippen molar-refractivity contribution in [3.63, 3.8) is 0 Å². The summed E-state index contributed by atoms with van der Waals surface area (Å²) >= 11 is 1.33. The van der Waals surface area contributed by atoms with E-state index in [1.165, 1.54) is 17.3 Å². The summed E-state index contributed by atoms with van der Waals surface area (Å²) in [5, 5.41) is 10.9. The first kappa shape index (κ1) is 15.7. The van der Waals surface area contributed by atoms with Crippen LogP contribution in [0.25, 0.3) is 10.9 Å². The van der Waals surface area contributed by atoms with E-state index in [-0.39, 0.29) is 11.7 Å². The summed E-state index contributed by atoms with van der Waals surface area (Å²) in [6.45, 7) is 0.717.